The zero-order valence-electron chi connectivity index (χ0n) is 14.4. The molecule has 0 radical (unpaired) electrons. The lowest BCUT2D eigenvalue weighted by molar-refractivity contribution is -0.137. The number of aliphatic hydroxyl groups is 2. The van der Waals surface area contributed by atoms with Gasteiger partial charge in [-0.25, -0.2) is 0 Å². The fourth-order valence-corrected chi connectivity index (χ4v) is 5.53. The maximum absolute atomic E-state index is 11.1. The van der Waals surface area contributed by atoms with Gasteiger partial charge < -0.3 is 29.2 Å². The van der Waals surface area contributed by atoms with Gasteiger partial charge in [-0.05, 0) is 24.6 Å². The summed E-state index contributed by atoms with van der Waals surface area (Å²) in [6.07, 6.45) is -0.382. The molecule has 3 aliphatic heterocycles. The van der Waals surface area contributed by atoms with Crippen LogP contribution in [-0.2, 0) is 16.7 Å². The van der Waals surface area contributed by atoms with Crippen molar-refractivity contribution < 1.29 is 29.2 Å². The van der Waals surface area contributed by atoms with Crippen LogP contribution in [-0.4, -0.2) is 67.0 Å². The highest BCUT2D eigenvalue weighted by molar-refractivity contribution is 5.63. The van der Waals surface area contributed by atoms with E-state index >= 15 is 0 Å². The predicted molar refractivity (Wildman–Crippen MR) is 87.0 cm³/mol. The van der Waals surface area contributed by atoms with Gasteiger partial charge >= 0.3 is 0 Å². The van der Waals surface area contributed by atoms with Crippen LogP contribution in [0, 0.1) is 0 Å². The van der Waals surface area contributed by atoms with Crippen molar-refractivity contribution in [2.75, 3.05) is 27.6 Å². The molecule has 5 rings (SSSR count). The predicted octanol–water partition coefficient (Wildman–Crippen LogP) is 0.390. The summed E-state index contributed by atoms with van der Waals surface area (Å²) in [5.74, 6) is 1.97. The molecule has 1 saturated carbocycles. The van der Waals surface area contributed by atoms with Crippen molar-refractivity contribution in [3.05, 3.63) is 17.2 Å². The lowest BCUT2D eigenvalue weighted by Crippen LogP contribution is -2.65. The molecule has 1 unspecified atom stereocenters. The van der Waals surface area contributed by atoms with Gasteiger partial charge in [0.05, 0.1) is 31.5 Å². The summed E-state index contributed by atoms with van der Waals surface area (Å²) < 4.78 is 22.3. The standard InChI is InChI=1S/C18H23NO6/c1-22-11-6-13(20)18-3-4-19(17(18)14(11)21)7-9-10(18)5-12-16(15(9)23-2)25-8-24-12/h5,11,13-14,17,20-21H,3-4,6-8H2,1-2H3/t11-,13-,14-,17-,18-/m1/s1. The second-order valence-corrected chi connectivity index (χ2v) is 7.39. The average molecular weight is 349 g/mol. The largest absolute Gasteiger partial charge is 0.492 e. The highest BCUT2D eigenvalue weighted by Crippen LogP contribution is 2.58. The minimum Gasteiger partial charge on any atom is -0.492 e. The van der Waals surface area contributed by atoms with Crippen LogP contribution >= 0.6 is 0 Å². The number of nitrogens with zero attached hydrogens (tertiary/aromatic N) is 1. The van der Waals surface area contributed by atoms with E-state index in [0.717, 1.165) is 24.1 Å². The van der Waals surface area contributed by atoms with Crippen molar-refractivity contribution in [1.82, 2.24) is 4.90 Å². The van der Waals surface area contributed by atoms with Crippen molar-refractivity contribution >= 4 is 0 Å². The van der Waals surface area contributed by atoms with Crippen molar-refractivity contribution in [3.8, 4) is 17.2 Å². The Hall–Kier alpha value is -1.54. The zero-order valence-corrected chi connectivity index (χ0v) is 14.4. The van der Waals surface area contributed by atoms with E-state index in [4.69, 9.17) is 18.9 Å². The summed E-state index contributed by atoms with van der Waals surface area (Å²) in [4.78, 5) is 2.24. The lowest BCUT2D eigenvalue weighted by atomic mass is 9.60. The molecule has 7 heteroatoms. The quantitative estimate of drug-likeness (QED) is 0.799. The summed E-state index contributed by atoms with van der Waals surface area (Å²) in [7, 11) is 3.22. The van der Waals surface area contributed by atoms with Gasteiger partial charge in [-0.15, -0.1) is 0 Å². The molecule has 6 atom stereocenters. The van der Waals surface area contributed by atoms with E-state index in [0.29, 0.717) is 30.2 Å². The highest BCUT2D eigenvalue weighted by Gasteiger charge is 2.63. The number of ether oxygens (including phenoxy) is 4. The highest BCUT2D eigenvalue weighted by atomic mass is 16.7. The third kappa shape index (κ3) is 1.79. The third-order valence-electron chi connectivity index (χ3n) is 6.58. The molecule has 2 fully saturated rings. The third-order valence-corrected chi connectivity index (χ3v) is 6.58. The lowest BCUT2D eigenvalue weighted by Gasteiger charge is -2.53. The SMILES string of the molecule is COc1c2c(cc3c1OCO3)[C@@]13CCN(C2)[C@@H]1[C@H](O)[C@H](OC)C[C@H]3O. The fraction of sp³-hybridized carbons (Fsp3) is 0.667. The van der Waals surface area contributed by atoms with Crippen molar-refractivity contribution in [2.24, 2.45) is 0 Å². The van der Waals surface area contributed by atoms with E-state index in [2.05, 4.69) is 4.90 Å². The van der Waals surface area contributed by atoms with Crippen LogP contribution < -0.4 is 14.2 Å². The Labute approximate surface area is 146 Å². The van der Waals surface area contributed by atoms with Crippen LogP contribution in [0.25, 0.3) is 0 Å². The van der Waals surface area contributed by atoms with Gasteiger partial charge in [0.1, 0.15) is 0 Å². The first-order valence-electron chi connectivity index (χ1n) is 8.74. The zero-order chi connectivity index (χ0) is 17.3. The number of benzene rings is 1. The van der Waals surface area contributed by atoms with E-state index in [9.17, 15) is 10.2 Å². The number of hydrogen-bond acceptors (Lipinski definition) is 7. The molecule has 1 aliphatic carbocycles. The monoisotopic (exact) mass is 349 g/mol. The minimum absolute atomic E-state index is 0.168. The Bertz CT molecular complexity index is 724. The molecule has 2 N–H and O–H groups in total. The number of hydrogen-bond donors (Lipinski definition) is 2. The Morgan fingerprint density at radius 3 is 2.88 bits per heavy atom. The van der Waals surface area contributed by atoms with Gasteiger partial charge in [0.2, 0.25) is 12.5 Å². The van der Waals surface area contributed by atoms with Gasteiger partial charge in [0.25, 0.3) is 0 Å². The molecule has 2 bridgehead atoms. The van der Waals surface area contributed by atoms with Crippen molar-refractivity contribution in [2.45, 2.75) is 49.2 Å². The Balaban J connectivity index is 1.73. The summed E-state index contributed by atoms with van der Waals surface area (Å²) in [5, 5.41) is 22.1. The Kier molecular flexibility index (Phi) is 3.29. The van der Waals surface area contributed by atoms with E-state index in [1.165, 1.54) is 0 Å². The van der Waals surface area contributed by atoms with Crippen LogP contribution in [0.2, 0.25) is 0 Å². The number of rotatable bonds is 2. The smallest absolute Gasteiger partial charge is 0.231 e. The fourth-order valence-electron chi connectivity index (χ4n) is 5.53. The van der Waals surface area contributed by atoms with E-state index in [1.807, 2.05) is 6.07 Å². The molecule has 1 aromatic rings. The molecule has 1 saturated heterocycles. The molecule has 0 amide bonds. The first kappa shape index (κ1) is 15.7. The normalized spacial score (nSPS) is 40.6. The molecule has 7 nitrogen and oxygen atoms in total. The first-order chi connectivity index (χ1) is 12.1. The molecule has 0 spiro atoms. The molecule has 25 heavy (non-hydrogen) atoms. The minimum atomic E-state index is -0.638. The number of methoxy groups -OCH3 is 2. The average Bonchev–Trinajstić information content (AvgIpc) is 3.19. The Morgan fingerprint density at radius 1 is 1.28 bits per heavy atom. The Morgan fingerprint density at radius 2 is 2.12 bits per heavy atom. The molecule has 0 aromatic heterocycles. The van der Waals surface area contributed by atoms with Crippen molar-refractivity contribution in [3.63, 3.8) is 0 Å². The van der Waals surface area contributed by atoms with Gasteiger partial charge in [-0.2, -0.15) is 0 Å². The topological polar surface area (TPSA) is 80.6 Å². The maximum Gasteiger partial charge on any atom is 0.231 e. The second kappa shape index (κ2) is 5.23. The molecular formula is C18H23NO6. The number of aliphatic hydroxyl groups excluding tert-OH is 2. The summed E-state index contributed by atoms with van der Waals surface area (Å²) in [6, 6.07) is 1.82. The summed E-state index contributed by atoms with van der Waals surface area (Å²) >= 11 is 0. The summed E-state index contributed by atoms with van der Waals surface area (Å²) in [5.41, 5.74) is 1.52. The van der Waals surface area contributed by atoms with Crippen LogP contribution in [0.1, 0.15) is 24.0 Å². The van der Waals surface area contributed by atoms with Crippen LogP contribution in [0.3, 0.4) is 0 Å². The van der Waals surface area contributed by atoms with Gasteiger partial charge in [-0.3, -0.25) is 4.90 Å². The van der Waals surface area contributed by atoms with Crippen molar-refractivity contribution in [1.29, 1.82) is 0 Å². The van der Waals surface area contributed by atoms with E-state index in [1.54, 1.807) is 14.2 Å². The first-order valence-corrected chi connectivity index (χ1v) is 8.74. The van der Waals surface area contributed by atoms with Gasteiger partial charge in [0.15, 0.2) is 11.5 Å². The van der Waals surface area contributed by atoms with E-state index < -0.39 is 17.6 Å². The van der Waals surface area contributed by atoms with Crippen LogP contribution in [0.5, 0.6) is 17.2 Å². The molecule has 136 valence electrons. The molecular weight excluding hydrogens is 326 g/mol. The van der Waals surface area contributed by atoms with Crippen LogP contribution in [0.4, 0.5) is 0 Å². The van der Waals surface area contributed by atoms with E-state index in [-0.39, 0.29) is 18.9 Å². The number of fused-ring (bicyclic) bond motifs is 2. The molecule has 1 aromatic carbocycles. The second-order valence-electron chi connectivity index (χ2n) is 7.39. The van der Waals surface area contributed by atoms with Crippen LogP contribution in [0.15, 0.2) is 6.07 Å². The van der Waals surface area contributed by atoms with Gasteiger partial charge in [0, 0.05) is 31.1 Å². The van der Waals surface area contributed by atoms with Gasteiger partial charge in [-0.1, -0.05) is 0 Å². The summed E-state index contributed by atoms with van der Waals surface area (Å²) in [6.45, 7) is 1.65. The molecule has 3 heterocycles. The molecule has 4 aliphatic rings. The maximum atomic E-state index is 11.1.